The molecule has 0 unspecified atom stereocenters. The van der Waals surface area contributed by atoms with Crippen LogP contribution in [0, 0.1) is 5.92 Å². The van der Waals surface area contributed by atoms with Crippen LogP contribution < -0.4 is 20.3 Å². The fraction of sp³-hybridized carbons (Fsp3) is 0.250. The average Bonchev–Trinajstić information content (AvgIpc) is 3.49. The third kappa shape index (κ3) is 6.40. The van der Waals surface area contributed by atoms with Gasteiger partial charge in [0.15, 0.2) is 0 Å². The Labute approximate surface area is 215 Å². The van der Waals surface area contributed by atoms with Crippen molar-refractivity contribution < 1.29 is 14.3 Å². The van der Waals surface area contributed by atoms with Gasteiger partial charge in [-0.15, -0.1) is 15.3 Å². The van der Waals surface area contributed by atoms with Crippen molar-refractivity contribution in [3.05, 3.63) is 71.8 Å². The van der Waals surface area contributed by atoms with Gasteiger partial charge in [-0.05, 0) is 22.5 Å². The Bertz CT molecular complexity index is 1300. The number of carbonyl (C=O) groups excluding carboxylic acids is 2. The van der Waals surface area contributed by atoms with E-state index in [4.69, 9.17) is 4.74 Å². The van der Waals surface area contributed by atoms with E-state index in [0.717, 1.165) is 29.3 Å². The van der Waals surface area contributed by atoms with E-state index in [1.54, 1.807) is 0 Å². The topological polar surface area (TPSA) is 122 Å². The van der Waals surface area contributed by atoms with Crippen LogP contribution in [0.3, 0.4) is 0 Å². The summed E-state index contributed by atoms with van der Waals surface area (Å²) in [5.41, 5.74) is 1.88. The van der Waals surface area contributed by atoms with E-state index >= 15 is 0 Å². The van der Waals surface area contributed by atoms with Gasteiger partial charge in [0.1, 0.15) is 0 Å². The van der Waals surface area contributed by atoms with Crippen LogP contribution in [0.4, 0.5) is 15.4 Å². The molecular formula is C24H23N7O3S2. The number of anilines is 3. The zero-order valence-electron chi connectivity index (χ0n) is 19.2. The molecule has 0 bridgehead atoms. The minimum Gasteiger partial charge on any atom is -0.468 e. The van der Waals surface area contributed by atoms with Crippen molar-refractivity contribution in [3.8, 4) is 5.19 Å². The normalized spacial score (nSPS) is 13.2. The van der Waals surface area contributed by atoms with Crippen LogP contribution in [0.15, 0.2) is 60.7 Å². The van der Waals surface area contributed by atoms with Crippen molar-refractivity contribution in [2.75, 3.05) is 35.2 Å². The predicted molar refractivity (Wildman–Crippen MR) is 139 cm³/mol. The van der Waals surface area contributed by atoms with Gasteiger partial charge in [-0.1, -0.05) is 77.1 Å². The summed E-state index contributed by atoms with van der Waals surface area (Å²) in [5.74, 6) is 0.0442. The standard InChI is InChI=1S/C24H23N7O3S2/c32-19(11-16-7-3-1-4-8-16)25-21-27-29-23(35-21)31-13-18(14-31)15-34-24-30-28-22(36-24)26-20(33)12-17-9-5-2-6-10-17/h1-10,18H,11-15H2,(H,25,27,32)(H,26,28,33). The highest BCUT2D eigenvalue weighted by Gasteiger charge is 2.30. The largest absolute Gasteiger partial charge is 0.468 e. The van der Waals surface area contributed by atoms with Gasteiger partial charge in [-0.2, -0.15) is 0 Å². The minimum absolute atomic E-state index is 0.119. The monoisotopic (exact) mass is 521 g/mol. The van der Waals surface area contributed by atoms with Gasteiger partial charge >= 0.3 is 0 Å². The molecule has 184 valence electrons. The van der Waals surface area contributed by atoms with Crippen LogP contribution in [-0.4, -0.2) is 51.9 Å². The maximum absolute atomic E-state index is 12.2. The lowest BCUT2D eigenvalue weighted by atomic mass is 10.0. The molecule has 1 fully saturated rings. The van der Waals surface area contributed by atoms with Crippen LogP contribution in [-0.2, 0) is 22.4 Å². The van der Waals surface area contributed by atoms with E-state index in [-0.39, 0.29) is 18.2 Å². The molecule has 2 aromatic heterocycles. The number of carbonyl (C=O) groups is 2. The molecule has 1 aliphatic rings. The highest BCUT2D eigenvalue weighted by Crippen LogP contribution is 2.31. The number of hydrogen-bond donors (Lipinski definition) is 2. The first kappa shape index (κ1) is 23.8. The summed E-state index contributed by atoms with van der Waals surface area (Å²) < 4.78 is 5.77. The number of nitrogens with zero attached hydrogens (tertiary/aromatic N) is 5. The molecule has 1 saturated heterocycles. The molecule has 10 nitrogen and oxygen atoms in total. The van der Waals surface area contributed by atoms with E-state index in [2.05, 4.69) is 35.9 Å². The number of amides is 2. The van der Waals surface area contributed by atoms with E-state index in [0.29, 0.717) is 34.4 Å². The number of ether oxygens (including phenoxy) is 1. The van der Waals surface area contributed by atoms with Gasteiger partial charge in [0, 0.05) is 19.0 Å². The molecule has 2 amide bonds. The maximum atomic E-state index is 12.2. The van der Waals surface area contributed by atoms with Crippen LogP contribution >= 0.6 is 22.7 Å². The van der Waals surface area contributed by atoms with E-state index in [9.17, 15) is 9.59 Å². The molecule has 3 heterocycles. The SMILES string of the molecule is O=C(Cc1ccccc1)Nc1nnc(OCC2CN(c3nnc(NC(=O)Cc4ccccc4)s3)C2)s1. The molecule has 0 atom stereocenters. The minimum atomic E-state index is -0.147. The summed E-state index contributed by atoms with van der Waals surface area (Å²) in [6.45, 7) is 2.03. The van der Waals surface area contributed by atoms with Gasteiger partial charge in [0.25, 0.3) is 5.19 Å². The molecule has 36 heavy (non-hydrogen) atoms. The molecule has 1 aliphatic heterocycles. The van der Waals surface area contributed by atoms with Gasteiger partial charge < -0.3 is 20.3 Å². The molecule has 5 rings (SSSR count). The van der Waals surface area contributed by atoms with Crippen LogP contribution in [0.25, 0.3) is 0 Å². The highest BCUT2D eigenvalue weighted by molar-refractivity contribution is 7.19. The molecule has 0 spiro atoms. The van der Waals surface area contributed by atoms with Gasteiger partial charge in [-0.25, -0.2) is 0 Å². The summed E-state index contributed by atoms with van der Waals surface area (Å²) in [6.07, 6.45) is 0.571. The van der Waals surface area contributed by atoms with Crippen molar-refractivity contribution in [3.63, 3.8) is 0 Å². The van der Waals surface area contributed by atoms with Crippen molar-refractivity contribution in [2.24, 2.45) is 5.92 Å². The number of rotatable bonds is 10. The summed E-state index contributed by atoms with van der Waals surface area (Å²) in [5, 5.41) is 23.9. The second-order valence-electron chi connectivity index (χ2n) is 8.27. The smallest absolute Gasteiger partial charge is 0.295 e. The summed E-state index contributed by atoms with van der Waals surface area (Å²) in [6, 6.07) is 19.1. The van der Waals surface area contributed by atoms with Gasteiger partial charge in [-0.3, -0.25) is 9.59 Å². The Morgan fingerprint density at radius 1 is 0.806 bits per heavy atom. The van der Waals surface area contributed by atoms with Crippen LogP contribution in [0.1, 0.15) is 11.1 Å². The Morgan fingerprint density at radius 3 is 1.97 bits per heavy atom. The Morgan fingerprint density at radius 2 is 1.36 bits per heavy atom. The number of benzene rings is 2. The van der Waals surface area contributed by atoms with E-state index < -0.39 is 0 Å². The first-order chi connectivity index (χ1) is 17.6. The first-order valence-electron chi connectivity index (χ1n) is 11.3. The van der Waals surface area contributed by atoms with Crippen molar-refractivity contribution in [1.29, 1.82) is 0 Å². The maximum Gasteiger partial charge on any atom is 0.295 e. The molecule has 2 N–H and O–H groups in total. The molecule has 12 heteroatoms. The Kier molecular flexibility index (Phi) is 7.43. The quantitative estimate of drug-likeness (QED) is 0.326. The molecule has 0 saturated carbocycles. The Balaban J connectivity index is 1.02. The first-order valence-corrected chi connectivity index (χ1v) is 13.0. The lowest BCUT2D eigenvalue weighted by Crippen LogP contribution is -2.49. The third-order valence-electron chi connectivity index (χ3n) is 5.40. The summed E-state index contributed by atoms with van der Waals surface area (Å²) in [7, 11) is 0. The van der Waals surface area contributed by atoms with Crippen molar-refractivity contribution in [2.45, 2.75) is 12.8 Å². The zero-order chi connectivity index (χ0) is 24.7. The average molecular weight is 522 g/mol. The second-order valence-corrected chi connectivity index (χ2v) is 10.2. The fourth-order valence-electron chi connectivity index (χ4n) is 3.62. The van der Waals surface area contributed by atoms with Crippen LogP contribution in [0.2, 0.25) is 0 Å². The van der Waals surface area contributed by atoms with E-state index in [1.807, 2.05) is 60.7 Å². The predicted octanol–water partition coefficient (Wildman–Crippen LogP) is 3.27. The lowest BCUT2D eigenvalue weighted by Gasteiger charge is -2.38. The van der Waals surface area contributed by atoms with Crippen molar-refractivity contribution in [1.82, 2.24) is 20.4 Å². The highest BCUT2D eigenvalue weighted by atomic mass is 32.1. The number of aromatic nitrogens is 4. The Hall–Kier alpha value is -3.90. The van der Waals surface area contributed by atoms with Gasteiger partial charge in [0.05, 0.1) is 19.4 Å². The number of hydrogen-bond acceptors (Lipinski definition) is 10. The van der Waals surface area contributed by atoms with Crippen molar-refractivity contribution >= 4 is 49.9 Å². The molecule has 0 radical (unpaired) electrons. The second kappa shape index (κ2) is 11.2. The zero-order valence-corrected chi connectivity index (χ0v) is 20.8. The van der Waals surface area contributed by atoms with Crippen LogP contribution in [0.5, 0.6) is 5.19 Å². The summed E-state index contributed by atoms with van der Waals surface area (Å²) >= 11 is 2.56. The van der Waals surface area contributed by atoms with E-state index in [1.165, 1.54) is 22.7 Å². The third-order valence-corrected chi connectivity index (χ3v) is 7.05. The molecule has 0 aliphatic carbocycles. The summed E-state index contributed by atoms with van der Waals surface area (Å²) in [4.78, 5) is 26.5. The molecule has 2 aromatic carbocycles. The van der Waals surface area contributed by atoms with Gasteiger partial charge in [0.2, 0.25) is 27.2 Å². The molecular weight excluding hydrogens is 498 g/mol. The molecule has 4 aromatic rings. The number of nitrogens with one attached hydrogen (secondary N) is 2. The fourth-order valence-corrected chi connectivity index (χ4v) is 5.02. The lowest BCUT2D eigenvalue weighted by molar-refractivity contribution is -0.116.